The number of nitro groups is 1. The van der Waals surface area contributed by atoms with E-state index in [1.165, 1.54) is 11.0 Å². The first-order valence-electron chi connectivity index (χ1n) is 7.75. The molecule has 26 heavy (non-hydrogen) atoms. The minimum Gasteiger partial charge on any atom is -0.462 e. The van der Waals surface area contributed by atoms with Crippen LogP contribution in [0.5, 0.6) is 0 Å². The number of carbonyl (C=O) groups is 2. The largest absolute Gasteiger partial charge is 0.462 e. The second kappa shape index (κ2) is 8.09. The van der Waals surface area contributed by atoms with Gasteiger partial charge in [0.15, 0.2) is 0 Å². The number of benzene rings is 2. The Hall–Kier alpha value is -2.74. The number of ether oxygens (including phenoxy) is 1. The van der Waals surface area contributed by atoms with Gasteiger partial charge >= 0.3 is 5.97 Å². The van der Waals surface area contributed by atoms with Crippen molar-refractivity contribution in [3.05, 3.63) is 67.7 Å². The van der Waals surface area contributed by atoms with Crippen molar-refractivity contribution >= 4 is 39.2 Å². The zero-order valence-corrected chi connectivity index (χ0v) is 16.1. The number of hydrogen-bond acceptors (Lipinski definition) is 5. The highest BCUT2D eigenvalue weighted by molar-refractivity contribution is 9.10. The summed E-state index contributed by atoms with van der Waals surface area (Å²) in [7, 11) is 1.57. The summed E-state index contributed by atoms with van der Waals surface area (Å²) in [6.07, 6.45) is 0. The Morgan fingerprint density at radius 2 is 1.85 bits per heavy atom. The van der Waals surface area contributed by atoms with Crippen molar-refractivity contribution in [3.63, 3.8) is 0 Å². The molecule has 0 N–H and O–H groups in total. The van der Waals surface area contributed by atoms with Gasteiger partial charge < -0.3 is 9.64 Å². The molecule has 2 rings (SSSR count). The zero-order valence-electron chi connectivity index (χ0n) is 14.5. The van der Waals surface area contributed by atoms with Crippen molar-refractivity contribution < 1.29 is 19.2 Å². The van der Waals surface area contributed by atoms with E-state index in [-0.39, 0.29) is 23.4 Å². The lowest BCUT2D eigenvalue weighted by Crippen LogP contribution is -2.27. The molecule has 0 spiro atoms. The molecule has 0 aromatic heterocycles. The summed E-state index contributed by atoms with van der Waals surface area (Å²) in [5, 5.41) is 11.2. The summed E-state index contributed by atoms with van der Waals surface area (Å²) in [5.41, 5.74) is 1.16. The average Bonchev–Trinajstić information content (AvgIpc) is 2.60. The van der Waals surface area contributed by atoms with Crippen LogP contribution in [-0.2, 0) is 4.74 Å². The van der Waals surface area contributed by atoms with Crippen LogP contribution in [0.1, 0.15) is 33.2 Å². The number of aryl methyl sites for hydroxylation is 1. The van der Waals surface area contributed by atoms with Crippen molar-refractivity contribution in [2.45, 2.75) is 13.8 Å². The van der Waals surface area contributed by atoms with Gasteiger partial charge in [0.05, 0.1) is 17.1 Å². The van der Waals surface area contributed by atoms with Crippen LogP contribution in [0.15, 0.2) is 40.9 Å². The highest BCUT2D eigenvalue weighted by Crippen LogP contribution is 2.26. The summed E-state index contributed by atoms with van der Waals surface area (Å²) in [6, 6.07) is 8.97. The molecule has 0 atom stereocenters. The fourth-order valence-electron chi connectivity index (χ4n) is 2.47. The van der Waals surface area contributed by atoms with Gasteiger partial charge in [0.25, 0.3) is 11.6 Å². The summed E-state index contributed by atoms with van der Waals surface area (Å²) in [4.78, 5) is 36.7. The number of non-ortho nitro benzene ring substituents is 1. The first kappa shape index (κ1) is 19.6. The maximum Gasteiger partial charge on any atom is 0.338 e. The predicted molar refractivity (Wildman–Crippen MR) is 101 cm³/mol. The van der Waals surface area contributed by atoms with Gasteiger partial charge in [-0.3, -0.25) is 14.9 Å². The Balaban J connectivity index is 2.46. The average molecular weight is 421 g/mol. The van der Waals surface area contributed by atoms with E-state index >= 15 is 0 Å². The monoisotopic (exact) mass is 420 g/mol. The zero-order chi connectivity index (χ0) is 19.4. The molecule has 2 aromatic rings. The van der Waals surface area contributed by atoms with Crippen LogP contribution in [-0.4, -0.2) is 30.5 Å². The number of anilines is 1. The first-order valence-corrected chi connectivity index (χ1v) is 8.54. The number of nitro benzene ring substituents is 1. The quantitative estimate of drug-likeness (QED) is 0.412. The van der Waals surface area contributed by atoms with Crippen LogP contribution in [0, 0.1) is 17.0 Å². The van der Waals surface area contributed by atoms with E-state index in [1.54, 1.807) is 26.1 Å². The van der Waals surface area contributed by atoms with E-state index in [0.29, 0.717) is 5.69 Å². The molecular formula is C18H17BrN2O5. The number of esters is 1. The molecule has 0 aliphatic heterocycles. The number of nitrogens with zero attached hydrogens (tertiary/aromatic N) is 2. The molecule has 0 bridgehead atoms. The van der Waals surface area contributed by atoms with Crippen LogP contribution in [0.2, 0.25) is 0 Å². The summed E-state index contributed by atoms with van der Waals surface area (Å²) >= 11 is 3.36. The Labute approximate surface area is 158 Å². The van der Waals surface area contributed by atoms with E-state index in [0.717, 1.165) is 22.2 Å². The molecule has 8 heteroatoms. The fourth-order valence-corrected chi connectivity index (χ4v) is 2.95. The van der Waals surface area contributed by atoms with Gasteiger partial charge in [0.2, 0.25) is 0 Å². The molecule has 1 amide bonds. The smallest absolute Gasteiger partial charge is 0.338 e. The Morgan fingerprint density at radius 1 is 1.19 bits per heavy atom. The maximum atomic E-state index is 12.8. The van der Waals surface area contributed by atoms with Crippen LogP contribution in [0.3, 0.4) is 0 Å². The Morgan fingerprint density at radius 3 is 2.42 bits per heavy atom. The molecule has 0 heterocycles. The van der Waals surface area contributed by atoms with Gasteiger partial charge in [-0.15, -0.1) is 0 Å². The van der Waals surface area contributed by atoms with Crippen LogP contribution in [0.25, 0.3) is 0 Å². The summed E-state index contributed by atoms with van der Waals surface area (Å²) in [5.74, 6) is -1.18. The first-order chi connectivity index (χ1) is 12.2. The van der Waals surface area contributed by atoms with Crippen molar-refractivity contribution in [2.24, 2.45) is 0 Å². The van der Waals surface area contributed by atoms with Gasteiger partial charge in [-0.2, -0.15) is 0 Å². The highest BCUT2D eigenvalue weighted by atomic mass is 79.9. The van der Waals surface area contributed by atoms with E-state index in [9.17, 15) is 19.7 Å². The van der Waals surface area contributed by atoms with Crippen molar-refractivity contribution in [3.8, 4) is 0 Å². The maximum absolute atomic E-state index is 12.8. The normalized spacial score (nSPS) is 10.3. The van der Waals surface area contributed by atoms with Crippen LogP contribution in [0.4, 0.5) is 11.4 Å². The molecule has 136 valence electrons. The molecule has 7 nitrogen and oxygen atoms in total. The van der Waals surface area contributed by atoms with Gasteiger partial charge in [-0.05, 0) is 43.7 Å². The molecule has 0 saturated heterocycles. The molecule has 0 unspecified atom stereocenters. The third kappa shape index (κ3) is 4.26. The predicted octanol–water partition coefficient (Wildman–Crippen LogP) is 4.12. The van der Waals surface area contributed by atoms with E-state index in [4.69, 9.17) is 4.74 Å². The lowest BCUT2D eigenvalue weighted by molar-refractivity contribution is -0.384. The molecule has 0 fully saturated rings. The lowest BCUT2D eigenvalue weighted by Gasteiger charge is -2.20. The number of carbonyl (C=O) groups excluding carboxylic acids is 2. The molecule has 0 saturated carbocycles. The van der Waals surface area contributed by atoms with Crippen molar-refractivity contribution in [1.29, 1.82) is 0 Å². The number of amides is 1. The topological polar surface area (TPSA) is 89.8 Å². The number of hydrogen-bond donors (Lipinski definition) is 0. The summed E-state index contributed by atoms with van der Waals surface area (Å²) < 4.78 is 5.76. The van der Waals surface area contributed by atoms with Crippen molar-refractivity contribution in [1.82, 2.24) is 0 Å². The highest BCUT2D eigenvalue weighted by Gasteiger charge is 2.22. The van der Waals surface area contributed by atoms with Crippen LogP contribution >= 0.6 is 15.9 Å². The fraction of sp³-hybridized carbons (Fsp3) is 0.222. The van der Waals surface area contributed by atoms with Crippen molar-refractivity contribution in [2.75, 3.05) is 18.6 Å². The number of halogens is 1. The molecule has 0 aliphatic rings. The summed E-state index contributed by atoms with van der Waals surface area (Å²) in [6.45, 7) is 3.61. The second-order valence-electron chi connectivity index (χ2n) is 5.54. The van der Waals surface area contributed by atoms with Gasteiger partial charge in [0, 0.05) is 34.9 Å². The molecular weight excluding hydrogens is 404 g/mol. The molecule has 2 aromatic carbocycles. The third-order valence-corrected chi connectivity index (χ3v) is 4.20. The van der Waals surface area contributed by atoms with E-state index in [2.05, 4.69) is 15.9 Å². The third-order valence-electron chi connectivity index (χ3n) is 3.71. The minimum absolute atomic E-state index is 0.0343. The van der Waals surface area contributed by atoms with E-state index < -0.39 is 16.8 Å². The Kier molecular flexibility index (Phi) is 6.10. The number of rotatable bonds is 5. The van der Waals surface area contributed by atoms with Gasteiger partial charge in [0.1, 0.15) is 0 Å². The minimum atomic E-state index is -0.715. The molecule has 0 aliphatic carbocycles. The SMILES string of the molecule is CCOC(=O)c1cc(C(=O)N(C)c2ccc(Br)cc2C)cc([N+](=O)[O-])c1. The molecule has 0 radical (unpaired) electrons. The Bertz CT molecular complexity index is 882. The lowest BCUT2D eigenvalue weighted by atomic mass is 10.1. The van der Waals surface area contributed by atoms with Gasteiger partial charge in [-0.25, -0.2) is 4.79 Å². The second-order valence-corrected chi connectivity index (χ2v) is 6.46. The van der Waals surface area contributed by atoms with Crippen LogP contribution < -0.4 is 4.90 Å². The van der Waals surface area contributed by atoms with E-state index in [1.807, 2.05) is 13.0 Å². The van der Waals surface area contributed by atoms with Gasteiger partial charge in [-0.1, -0.05) is 15.9 Å². The standard InChI is InChI=1S/C18H17BrN2O5/c1-4-26-18(23)13-8-12(9-15(10-13)21(24)25)17(22)20(3)16-6-5-14(19)7-11(16)2/h5-10H,4H2,1-3H3.